The van der Waals surface area contributed by atoms with Gasteiger partial charge in [0.25, 0.3) is 0 Å². The Morgan fingerprint density at radius 1 is 1.23 bits per heavy atom. The predicted molar refractivity (Wildman–Crippen MR) is 116 cm³/mol. The number of hydrogen-bond acceptors (Lipinski definition) is 7. The molecule has 1 aliphatic heterocycles. The standard InChI is InChI=1S/C21H25N3O6S/c1-2-29-18(26)9-8-17(25)23-21(31)24-12-11-22-20(28)16(24)14-19(27)30-13-10-15-6-4-3-5-7-15/h3-9,16H,2,10-14H2,1H3,(H,22,28)(H,23,25,31)/b9-8+. The van der Waals surface area contributed by atoms with Gasteiger partial charge in [-0.1, -0.05) is 30.3 Å². The number of amides is 2. The van der Waals surface area contributed by atoms with E-state index in [0.29, 0.717) is 19.5 Å². The fourth-order valence-electron chi connectivity index (χ4n) is 2.86. The van der Waals surface area contributed by atoms with E-state index in [1.165, 1.54) is 4.90 Å². The van der Waals surface area contributed by atoms with Crippen LogP contribution in [0.4, 0.5) is 0 Å². The van der Waals surface area contributed by atoms with E-state index in [2.05, 4.69) is 10.6 Å². The highest BCUT2D eigenvalue weighted by Gasteiger charge is 2.34. The molecule has 1 saturated heterocycles. The maximum atomic E-state index is 12.3. The number of ether oxygens (including phenoxy) is 2. The molecule has 166 valence electrons. The highest BCUT2D eigenvalue weighted by molar-refractivity contribution is 7.80. The van der Waals surface area contributed by atoms with Crippen LogP contribution < -0.4 is 10.6 Å². The Bertz CT molecular complexity index is 843. The van der Waals surface area contributed by atoms with E-state index in [1.807, 2.05) is 30.3 Å². The average molecular weight is 448 g/mol. The molecule has 0 bridgehead atoms. The lowest BCUT2D eigenvalue weighted by atomic mass is 10.1. The number of piperazine rings is 1. The first-order valence-corrected chi connectivity index (χ1v) is 10.2. The van der Waals surface area contributed by atoms with Gasteiger partial charge in [-0.25, -0.2) is 4.79 Å². The van der Waals surface area contributed by atoms with E-state index >= 15 is 0 Å². The smallest absolute Gasteiger partial charge is 0.330 e. The van der Waals surface area contributed by atoms with Gasteiger partial charge in [-0.05, 0) is 24.7 Å². The Morgan fingerprint density at radius 2 is 1.97 bits per heavy atom. The third kappa shape index (κ3) is 8.17. The summed E-state index contributed by atoms with van der Waals surface area (Å²) in [6.07, 6.45) is 2.32. The molecule has 0 aliphatic carbocycles. The molecule has 2 amide bonds. The molecule has 10 heteroatoms. The number of hydrogen-bond donors (Lipinski definition) is 2. The molecule has 0 aromatic heterocycles. The van der Waals surface area contributed by atoms with Gasteiger partial charge in [0.05, 0.1) is 19.6 Å². The van der Waals surface area contributed by atoms with Crippen LogP contribution in [0.25, 0.3) is 0 Å². The summed E-state index contributed by atoms with van der Waals surface area (Å²) in [6.45, 7) is 2.66. The number of esters is 2. The van der Waals surface area contributed by atoms with E-state index in [-0.39, 0.29) is 30.7 Å². The van der Waals surface area contributed by atoms with Crippen LogP contribution in [0.2, 0.25) is 0 Å². The van der Waals surface area contributed by atoms with Crippen LogP contribution in [-0.4, -0.2) is 66.1 Å². The normalized spacial score (nSPS) is 15.8. The van der Waals surface area contributed by atoms with E-state index in [0.717, 1.165) is 17.7 Å². The summed E-state index contributed by atoms with van der Waals surface area (Å²) in [4.78, 5) is 49.3. The molecule has 9 nitrogen and oxygen atoms in total. The number of rotatable bonds is 8. The van der Waals surface area contributed by atoms with Crippen molar-refractivity contribution in [3.8, 4) is 0 Å². The minimum absolute atomic E-state index is 0.0181. The van der Waals surface area contributed by atoms with Gasteiger partial charge in [-0.15, -0.1) is 0 Å². The third-order valence-corrected chi connectivity index (χ3v) is 4.67. The molecule has 0 radical (unpaired) electrons. The summed E-state index contributed by atoms with van der Waals surface area (Å²) in [7, 11) is 0. The van der Waals surface area contributed by atoms with Crippen molar-refractivity contribution in [1.82, 2.24) is 15.5 Å². The van der Waals surface area contributed by atoms with Gasteiger partial charge in [0.2, 0.25) is 11.8 Å². The number of thiocarbonyl (C=S) groups is 1. The predicted octanol–water partition coefficient (Wildman–Crippen LogP) is 0.483. The number of nitrogens with one attached hydrogen (secondary N) is 2. The maximum Gasteiger partial charge on any atom is 0.330 e. The number of benzene rings is 1. The second-order valence-electron chi connectivity index (χ2n) is 6.54. The molecule has 1 atom stereocenters. The zero-order valence-corrected chi connectivity index (χ0v) is 18.0. The second kappa shape index (κ2) is 12.4. The molecular formula is C21H25N3O6S. The monoisotopic (exact) mass is 447 g/mol. The number of nitrogens with zero attached hydrogens (tertiary/aromatic N) is 1. The van der Waals surface area contributed by atoms with E-state index < -0.39 is 23.9 Å². The SMILES string of the molecule is CCOC(=O)/C=C/C(=O)NC(=S)N1CCNC(=O)C1CC(=O)OCCc1ccccc1. The Morgan fingerprint density at radius 3 is 2.68 bits per heavy atom. The zero-order valence-electron chi connectivity index (χ0n) is 17.2. The Balaban J connectivity index is 1.88. The first kappa shape index (κ1) is 24.0. The topological polar surface area (TPSA) is 114 Å². The van der Waals surface area contributed by atoms with E-state index in [1.54, 1.807) is 6.92 Å². The largest absolute Gasteiger partial charge is 0.465 e. The van der Waals surface area contributed by atoms with Crippen LogP contribution in [0.3, 0.4) is 0 Å². The minimum Gasteiger partial charge on any atom is -0.465 e. The molecule has 1 aromatic carbocycles. The first-order valence-electron chi connectivity index (χ1n) is 9.84. The maximum absolute atomic E-state index is 12.3. The van der Waals surface area contributed by atoms with Crippen LogP contribution >= 0.6 is 12.2 Å². The van der Waals surface area contributed by atoms with Gasteiger partial charge in [-0.3, -0.25) is 19.7 Å². The van der Waals surface area contributed by atoms with Crippen molar-refractivity contribution >= 4 is 41.1 Å². The molecule has 0 spiro atoms. The molecule has 2 N–H and O–H groups in total. The lowest BCUT2D eigenvalue weighted by molar-refractivity contribution is -0.147. The summed E-state index contributed by atoms with van der Waals surface area (Å²) in [5.74, 6) is -2.23. The van der Waals surface area contributed by atoms with Gasteiger partial charge >= 0.3 is 11.9 Å². The van der Waals surface area contributed by atoms with Gasteiger partial charge in [-0.2, -0.15) is 0 Å². The van der Waals surface area contributed by atoms with E-state index in [4.69, 9.17) is 21.7 Å². The van der Waals surface area contributed by atoms with Crippen molar-refractivity contribution in [2.75, 3.05) is 26.3 Å². The molecule has 2 rings (SSSR count). The fraction of sp³-hybridized carbons (Fsp3) is 0.381. The quantitative estimate of drug-likeness (QED) is 0.336. The van der Waals surface area contributed by atoms with E-state index in [9.17, 15) is 19.2 Å². The summed E-state index contributed by atoms with van der Waals surface area (Å²) < 4.78 is 9.95. The van der Waals surface area contributed by atoms with Gasteiger partial charge in [0.1, 0.15) is 6.04 Å². The minimum atomic E-state index is -0.903. The summed E-state index contributed by atoms with van der Waals surface area (Å²) >= 11 is 5.23. The third-order valence-electron chi connectivity index (χ3n) is 4.34. The highest BCUT2D eigenvalue weighted by atomic mass is 32.1. The van der Waals surface area contributed by atoms with Crippen LogP contribution in [0.1, 0.15) is 18.9 Å². The zero-order chi connectivity index (χ0) is 22.6. The molecule has 1 unspecified atom stereocenters. The van der Waals surface area contributed by atoms with Crippen molar-refractivity contribution in [3.05, 3.63) is 48.0 Å². The van der Waals surface area contributed by atoms with Crippen molar-refractivity contribution in [2.45, 2.75) is 25.8 Å². The molecule has 0 saturated carbocycles. The highest BCUT2D eigenvalue weighted by Crippen LogP contribution is 2.11. The fourth-order valence-corrected chi connectivity index (χ4v) is 3.18. The Kier molecular flexibility index (Phi) is 9.63. The average Bonchev–Trinajstić information content (AvgIpc) is 2.74. The molecule has 1 aliphatic rings. The van der Waals surface area contributed by atoms with Crippen LogP contribution in [0.15, 0.2) is 42.5 Å². The summed E-state index contributed by atoms with van der Waals surface area (Å²) in [5, 5.41) is 5.09. The lowest BCUT2D eigenvalue weighted by Crippen LogP contribution is -2.60. The first-order chi connectivity index (χ1) is 14.9. The molecular weight excluding hydrogens is 422 g/mol. The Hall–Kier alpha value is -3.27. The molecule has 31 heavy (non-hydrogen) atoms. The number of carbonyl (C=O) groups is 4. The van der Waals surface area contributed by atoms with Crippen LogP contribution in [0, 0.1) is 0 Å². The van der Waals surface area contributed by atoms with Crippen molar-refractivity contribution in [2.24, 2.45) is 0 Å². The van der Waals surface area contributed by atoms with Gasteiger partial charge in [0, 0.05) is 31.7 Å². The summed E-state index contributed by atoms with van der Waals surface area (Å²) in [6, 6.07) is 8.67. The number of carbonyl (C=O) groups excluding carboxylic acids is 4. The van der Waals surface area contributed by atoms with Crippen molar-refractivity contribution < 1.29 is 28.7 Å². The molecule has 1 heterocycles. The van der Waals surface area contributed by atoms with Crippen LogP contribution in [-0.2, 0) is 35.1 Å². The summed E-state index contributed by atoms with van der Waals surface area (Å²) in [5.41, 5.74) is 1.03. The van der Waals surface area contributed by atoms with Crippen molar-refractivity contribution in [1.29, 1.82) is 0 Å². The van der Waals surface area contributed by atoms with Crippen LogP contribution in [0.5, 0.6) is 0 Å². The lowest BCUT2D eigenvalue weighted by Gasteiger charge is -2.36. The van der Waals surface area contributed by atoms with Crippen molar-refractivity contribution in [3.63, 3.8) is 0 Å². The van der Waals surface area contributed by atoms with Gasteiger partial charge in [0.15, 0.2) is 5.11 Å². The Labute approximate surface area is 185 Å². The van der Waals surface area contributed by atoms with Gasteiger partial charge < -0.3 is 19.7 Å². The molecule has 1 aromatic rings. The second-order valence-corrected chi connectivity index (χ2v) is 6.93. The molecule has 1 fully saturated rings.